The summed E-state index contributed by atoms with van der Waals surface area (Å²) in [7, 11) is 0. The smallest absolute Gasteiger partial charge is 0.335 e. The predicted molar refractivity (Wildman–Crippen MR) is 152 cm³/mol. The number of amides is 4. The van der Waals surface area contributed by atoms with Crippen LogP contribution in [0.2, 0.25) is 0 Å². The molecular formula is C30H32N4O6. The fraction of sp³-hybridized carbons (Fsp3) is 0.267. The summed E-state index contributed by atoms with van der Waals surface area (Å²) in [5, 5.41) is 17.4. The third-order valence-corrected chi connectivity index (χ3v) is 6.51. The number of rotatable bonds is 10. The number of urea groups is 1. The highest BCUT2D eigenvalue weighted by molar-refractivity contribution is 6.00. The van der Waals surface area contributed by atoms with Crippen LogP contribution in [-0.4, -0.2) is 59.6 Å². The van der Waals surface area contributed by atoms with E-state index in [4.69, 9.17) is 9.84 Å². The van der Waals surface area contributed by atoms with E-state index in [2.05, 4.69) is 16.0 Å². The van der Waals surface area contributed by atoms with E-state index in [0.29, 0.717) is 24.5 Å². The number of anilines is 3. The summed E-state index contributed by atoms with van der Waals surface area (Å²) in [5.74, 6) is -1.68. The first-order chi connectivity index (χ1) is 19.3. The normalized spacial score (nSPS) is 14.3. The van der Waals surface area contributed by atoms with E-state index in [-0.39, 0.29) is 36.6 Å². The highest BCUT2D eigenvalue weighted by Crippen LogP contribution is 2.17. The third kappa shape index (κ3) is 8.15. The molecule has 0 spiro atoms. The van der Waals surface area contributed by atoms with Gasteiger partial charge in [-0.1, -0.05) is 30.3 Å². The van der Waals surface area contributed by atoms with E-state index in [9.17, 15) is 19.2 Å². The molecule has 3 aromatic carbocycles. The van der Waals surface area contributed by atoms with Crippen LogP contribution >= 0.6 is 0 Å². The first-order valence-electron chi connectivity index (χ1n) is 13.0. The van der Waals surface area contributed by atoms with Gasteiger partial charge in [0.1, 0.15) is 0 Å². The van der Waals surface area contributed by atoms with Crippen molar-refractivity contribution in [2.75, 3.05) is 35.6 Å². The average molecular weight is 545 g/mol. The second kappa shape index (κ2) is 13.4. The van der Waals surface area contributed by atoms with Gasteiger partial charge in [-0.3, -0.25) is 9.59 Å². The first-order valence-corrected chi connectivity index (χ1v) is 13.0. The number of benzene rings is 3. The van der Waals surface area contributed by atoms with Crippen molar-refractivity contribution in [1.82, 2.24) is 4.90 Å². The summed E-state index contributed by atoms with van der Waals surface area (Å²) in [5.41, 5.74) is 3.53. The minimum absolute atomic E-state index is 0.0724. The predicted octanol–water partition coefficient (Wildman–Crippen LogP) is 4.53. The molecule has 1 heterocycles. The molecule has 1 aliphatic rings. The maximum Gasteiger partial charge on any atom is 0.335 e. The molecule has 3 aromatic rings. The van der Waals surface area contributed by atoms with E-state index in [1.54, 1.807) is 24.3 Å². The Morgan fingerprint density at radius 2 is 1.57 bits per heavy atom. The SMILES string of the molecule is Cc1ccccc1NC(=O)Nc1ccc(CC(=O)N(CC(=O)Nc2ccc(C(=O)O)cc2)CC2CCCO2)cc1. The van der Waals surface area contributed by atoms with Gasteiger partial charge >= 0.3 is 12.0 Å². The molecule has 1 unspecified atom stereocenters. The van der Waals surface area contributed by atoms with Gasteiger partial charge in [0.05, 0.1) is 24.6 Å². The molecule has 0 aliphatic carbocycles. The van der Waals surface area contributed by atoms with Crippen molar-refractivity contribution in [2.45, 2.75) is 32.3 Å². The van der Waals surface area contributed by atoms with Gasteiger partial charge in [-0.2, -0.15) is 0 Å². The van der Waals surface area contributed by atoms with E-state index < -0.39 is 11.9 Å². The Morgan fingerprint density at radius 1 is 0.900 bits per heavy atom. The summed E-state index contributed by atoms with van der Waals surface area (Å²) in [6, 6.07) is 19.9. The summed E-state index contributed by atoms with van der Waals surface area (Å²) < 4.78 is 5.69. The number of carboxylic acids is 1. The van der Waals surface area contributed by atoms with Crippen molar-refractivity contribution in [3.63, 3.8) is 0 Å². The van der Waals surface area contributed by atoms with Crippen molar-refractivity contribution in [2.24, 2.45) is 0 Å². The molecule has 4 N–H and O–H groups in total. The molecule has 10 heteroatoms. The number of aryl methyl sites for hydroxylation is 1. The van der Waals surface area contributed by atoms with Crippen molar-refractivity contribution in [3.05, 3.63) is 89.5 Å². The van der Waals surface area contributed by atoms with Crippen molar-refractivity contribution >= 4 is 40.9 Å². The Balaban J connectivity index is 1.35. The first kappa shape index (κ1) is 28.3. The van der Waals surface area contributed by atoms with Gasteiger partial charge in [0.2, 0.25) is 11.8 Å². The Hall–Kier alpha value is -4.70. The average Bonchev–Trinajstić information content (AvgIpc) is 3.44. The lowest BCUT2D eigenvalue weighted by atomic mass is 10.1. The fourth-order valence-corrected chi connectivity index (χ4v) is 4.35. The molecule has 0 radical (unpaired) electrons. The van der Waals surface area contributed by atoms with Crippen LogP contribution in [0.4, 0.5) is 21.9 Å². The zero-order chi connectivity index (χ0) is 28.5. The van der Waals surface area contributed by atoms with Crippen LogP contribution in [0.5, 0.6) is 0 Å². The van der Waals surface area contributed by atoms with Crippen molar-refractivity contribution in [1.29, 1.82) is 0 Å². The van der Waals surface area contributed by atoms with E-state index in [1.165, 1.54) is 29.2 Å². The molecule has 4 rings (SSSR count). The second-order valence-corrected chi connectivity index (χ2v) is 9.61. The van der Waals surface area contributed by atoms with Gasteiger partial charge in [0.15, 0.2) is 0 Å². The van der Waals surface area contributed by atoms with Crippen LogP contribution in [0.1, 0.15) is 34.3 Å². The van der Waals surface area contributed by atoms with Crippen LogP contribution in [0.25, 0.3) is 0 Å². The minimum Gasteiger partial charge on any atom is -0.478 e. The third-order valence-electron chi connectivity index (χ3n) is 6.51. The molecule has 10 nitrogen and oxygen atoms in total. The molecule has 1 atom stereocenters. The van der Waals surface area contributed by atoms with E-state index >= 15 is 0 Å². The molecule has 1 fully saturated rings. The lowest BCUT2D eigenvalue weighted by Crippen LogP contribution is -2.43. The molecule has 4 amide bonds. The summed E-state index contributed by atoms with van der Waals surface area (Å²) in [6.07, 6.45) is 1.65. The largest absolute Gasteiger partial charge is 0.478 e. The number of ether oxygens (including phenoxy) is 1. The van der Waals surface area contributed by atoms with Gasteiger partial charge < -0.3 is 30.7 Å². The zero-order valence-corrected chi connectivity index (χ0v) is 22.2. The minimum atomic E-state index is -1.06. The number of hydrogen-bond acceptors (Lipinski definition) is 5. The highest BCUT2D eigenvalue weighted by atomic mass is 16.5. The van der Waals surface area contributed by atoms with Crippen LogP contribution < -0.4 is 16.0 Å². The van der Waals surface area contributed by atoms with Crippen molar-refractivity contribution < 1.29 is 29.0 Å². The molecular weight excluding hydrogens is 512 g/mol. The number of carbonyl (C=O) groups excluding carboxylic acids is 3. The second-order valence-electron chi connectivity index (χ2n) is 9.61. The molecule has 0 aromatic heterocycles. The number of nitrogens with zero attached hydrogens (tertiary/aromatic N) is 1. The number of nitrogens with one attached hydrogen (secondary N) is 3. The fourth-order valence-electron chi connectivity index (χ4n) is 4.35. The van der Waals surface area contributed by atoms with E-state index in [0.717, 1.165) is 29.7 Å². The van der Waals surface area contributed by atoms with Gasteiger partial charge in [0, 0.05) is 30.2 Å². The van der Waals surface area contributed by atoms with Crippen LogP contribution in [0.15, 0.2) is 72.8 Å². The quantitative estimate of drug-likeness (QED) is 0.296. The van der Waals surface area contributed by atoms with Crippen LogP contribution in [0.3, 0.4) is 0 Å². The molecule has 1 aliphatic heterocycles. The maximum absolute atomic E-state index is 13.3. The van der Waals surface area contributed by atoms with Crippen LogP contribution in [-0.2, 0) is 20.7 Å². The lowest BCUT2D eigenvalue weighted by molar-refractivity contribution is -0.135. The number of aromatic carboxylic acids is 1. The van der Waals surface area contributed by atoms with Gasteiger partial charge in [-0.05, 0) is 73.4 Å². The Morgan fingerprint density at radius 3 is 2.23 bits per heavy atom. The molecule has 0 bridgehead atoms. The molecule has 0 saturated carbocycles. The topological polar surface area (TPSA) is 137 Å². The van der Waals surface area contributed by atoms with E-state index in [1.807, 2.05) is 31.2 Å². The highest BCUT2D eigenvalue weighted by Gasteiger charge is 2.24. The summed E-state index contributed by atoms with van der Waals surface area (Å²) >= 11 is 0. The zero-order valence-electron chi connectivity index (χ0n) is 22.2. The summed E-state index contributed by atoms with van der Waals surface area (Å²) in [6.45, 7) is 2.66. The Kier molecular flexibility index (Phi) is 9.48. The van der Waals surface area contributed by atoms with Gasteiger partial charge in [0.25, 0.3) is 0 Å². The number of hydrogen-bond donors (Lipinski definition) is 4. The van der Waals surface area contributed by atoms with Gasteiger partial charge in [-0.25, -0.2) is 9.59 Å². The number of para-hydroxylation sites is 1. The summed E-state index contributed by atoms with van der Waals surface area (Å²) in [4.78, 5) is 50.9. The number of carboxylic acid groups (broad SMARTS) is 1. The molecule has 208 valence electrons. The monoisotopic (exact) mass is 544 g/mol. The maximum atomic E-state index is 13.3. The number of carbonyl (C=O) groups is 4. The Bertz CT molecular complexity index is 1350. The lowest BCUT2D eigenvalue weighted by Gasteiger charge is -2.25. The van der Waals surface area contributed by atoms with Gasteiger partial charge in [-0.15, -0.1) is 0 Å². The standard InChI is InChI=1S/C30H32N4O6/c1-20-5-2-3-7-26(20)33-30(39)32-24-12-8-21(9-13-24)17-28(36)34(18-25-6-4-16-40-25)19-27(35)31-23-14-10-22(11-15-23)29(37)38/h2-3,5,7-15,25H,4,6,16-19H2,1H3,(H,31,35)(H,37,38)(H2,32,33,39). The van der Waals surface area contributed by atoms with Crippen LogP contribution in [0, 0.1) is 6.92 Å². The molecule has 40 heavy (non-hydrogen) atoms. The van der Waals surface area contributed by atoms with Crippen molar-refractivity contribution in [3.8, 4) is 0 Å². The Labute approximate surface area is 232 Å². The molecule has 1 saturated heterocycles.